The van der Waals surface area contributed by atoms with Crippen molar-refractivity contribution in [3.63, 3.8) is 0 Å². The summed E-state index contributed by atoms with van der Waals surface area (Å²) in [7, 11) is 0. The highest BCUT2D eigenvalue weighted by Crippen LogP contribution is 2.12. The van der Waals surface area contributed by atoms with Crippen LogP contribution in [0.5, 0.6) is 0 Å². The second kappa shape index (κ2) is 4.45. The van der Waals surface area contributed by atoms with Crippen molar-refractivity contribution >= 4 is 5.91 Å². The zero-order chi connectivity index (χ0) is 10.7. The van der Waals surface area contributed by atoms with Crippen molar-refractivity contribution in [3.05, 3.63) is 35.9 Å². The molecule has 0 radical (unpaired) electrons. The lowest BCUT2D eigenvalue weighted by Gasteiger charge is -2.27. The van der Waals surface area contributed by atoms with Gasteiger partial charge in [0.05, 0.1) is 6.04 Å². The summed E-state index contributed by atoms with van der Waals surface area (Å²) < 4.78 is 0. The van der Waals surface area contributed by atoms with E-state index in [1.54, 1.807) is 0 Å². The molecule has 3 heteroatoms. The van der Waals surface area contributed by atoms with Crippen molar-refractivity contribution in [2.45, 2.75) is 31.3 Å². The monoisotopic (exact) mass is 204 g/mol. The van der Waals surface area contributed by atoms with E-state index in [0.29, 0.717) is 0 Å². The maximum Gasteiger partial charge on any atom is 0.237 e. The van der Waals surface area contributed by atoms with E-state index in [1.807, 2.05) is 18.2 Å². The van der Waals surface area contributed by atoms with E-state index in [2.05, 4.69) is 17.4 Å². The zero-order valence-electron chi connectivity index (χ0n) is 8.65. The van der Waals surface area contributed by atoms with Crippen molar-refractivity contribution in [2.75, 3.05) is 0 Å². The van der Waals surface area contributed by atoms with Crippen LogP contribution in [-0.2, 0) is 11.2 Å². The Morgan fingerprint density at radius 3 is 2.67 bits per heavy atom. The van der Waals surface area contributed by atoms with Gasteiger partial charge in [0, 0.05) is 6.04 Å². The molecule has 2 rings (SSSR count). The van der Waals surface area contributed by atoms with E-state index in [0.717, 1.165) is 19.3 Å². The minimum absolute atomic E-state index is 0.0119. The molecule has 2 unspecified atom stereocenters. The molecule has 80 valence electrons. The molecular formula is C12H16N2O. The first-order valence-electron chi connectivity index (χ1n) is 5.35. The van der Waals surface area contributed by atoms with E-state index < -0.39 is 0 Å². The number of nitrogens with one attached hydrogen (secondary N) is 1. The van der Waals surface area contributed by atoms with Crippen molar-refractivity contribution in [1.29, 1.82) is 0 Å². The van der Waals surface area contributed by atoms with Crippen molar-refractivity contribution in [2.24, 2.45) is 5.73 Å². The largest absolute Gasteiger partial charge is 0.352 e. The van der Waals surface area contributed by atoms with Crippen LogP contribution in [0, 0.1) is 0 Å². The third kappa shape index (κ3) is 2.57. The zero-order valence-corrected chi connectivity index (χ0v) is 8.65. The molecule has 0 saturated carbocycles. The van der Waals surface area contributed by atoms with Crippen LogP contribution >= 0.6 is 0 Å². The van der Waals surface area contributed by atoms with Crippen LogP contribution in [0.1, 0.15) is 18.4 Å². The van der Waals surface area contributed by atoms with Gasteiger partial charge in [-0.1, -0.05) is 30.3 Å². The summed E-state index contributed by atoms with van der Waals surface area (Å²) in [4.78, 5) is 11.4. The summed E-state index contributed by atoms with van der Waals surface area (Å²) in [6.45, 7) is 0. The average Bonchev–Trinajstić information content (AvgIpc) is 2.25. The number of hydrogen-bond donors (Lipinski definition) is 2. The van der Waals surface area contributed by atoms with Gasteiger partial charge in [0.2, 0.25) is 5.91 Å². The topological polar surface area (TPSA) is 55.1 Å². The van der Waals surface area contributed by atoms with Gasteiger partial charge in [-0.15, -0.1) is 0 Å². The number of piperidine rings is 1. The number of nitrogens with two attached hydrogens (primary N) is 1. The molecule has 0 aromatic heterocycles. The Balaban J connectivity index is 1.94. The van der Waals surface area contributed by atoms with Gasteiger partial charge < -0.3 is 11.1 Å². The molecule has 1 amide bonds. The third-order valence-electron chi connectivity index (χ3n) is 2.83. The first-order valence-corrected chi connectivity index (χ1v) is 5.35. The smallest absolute Gasteiger partial charge is 0.237 e. The fraction of sp³-hybridized carbons (Fsp3) is 0.417. The lowest BCUT2D eigenvalue weighted by Crippen LogP contribution is -2.51. The molecule has 1 fully saturated rings. The Hall–Kier alpha value is -1.35. The Kier molecular flexibility index (Phi) is 3.02. The van der Waals surface area contributed by atoms with Gasteiger partial charge in [0.25, 0.3) is 0 Å². The van der Waals surface area contributed by atoms with Crippen LogP contribution < -0.4 is 11.1 Å². The molecule has 1 aromatic carbocycles. The number of carbonyl (C=O) groups is 1. The standard InChI is InChI=1S/C12H16N2O/c13-11-7-6-10(14-12(11)15)8-9-4-2-1-3-5-9/h1-5,10-11H,6-8,13H2,(H,14,15). The number of rotatable bonds is 2. The van der Waals surface area contributed by atoms with E-state index in [4.69, 9.17) is 5.73 Å². The average molecular weight is 204 g/mol. The van der Waals surface area contributed by atoms with Crippen molar-refractivity contribution in [3.8, 4) is 0 Å². The lowest BCUT2D eigenvalue weighted by molar-refractivity contribution is -0.124. The Morgan fingerprint density at radius 2 is 2.00 bits per heavy atom. The Labute approximate surface area is 89.7 Å². The molecule has 1 aromatic rings. The molecule has 3 nitrogen and oxygen atoms in total. The molecule has 1 heterocycles. The first kappa shape index (κ1) is 10.2. The Bertz CT molecular complexity index is 337. The summed E-state index contributed by atoms with van der Waals surface area (Å²) in [5.41, 5.74) is 6.88. The predicted molar refractivity (Wildman–Crippen MR) is 59.3 cm³/mol. The minimum atomic E-state index is -0.308. The van der Waals surface area contributed by atoms with Gasteiger partial charge >= 0.3 is 0 Å². The van der Waals surface area contributed by atoms with Crippen LogP contribution in [-0.4, -0.2) is 18.0 Å². The van der Waals surface area contributed by atoms with Crippen molar-refractivity contribution in [1.82, 2.24) is 5.32 Å². The third-order valence-corrected chi connectivity index (χ3v) is 2.83. The molecule has 0 bridgehead atoms. The van der Waals surface area contributed by atoms with Crippen molar-refractivity contribution < 1.29 is 4.79 Å². The summed E-state index contributed by atoms with van der Waals surface area (Å²) in [6, 6.07) is 10.1. The highest BCUT2D eigenvalue weighted by Gasteiger charge is 2.24. The second-order valence-corrected chi connectivity index (χ2v) is 4.08. The number of carbonyl (C=O) groups excluding carboxylic acids is 1. The maximum absolute atomic E-state index is 11.4. The molecule has 1 saturated heterocycles. The summed E-state index contributed by atoms with van der Waals surface area (Å²) >= 11 is 0. The summed E-state index contributed by atoms with van der Waals surface area (Å²) in [5, 5.41) is 2.95. The lowest BCUT2D eigenvalue weighted by atomic mass is 9.95. The normalized spacial score (nSPS) is 26.1. The highest BCUT2D eigenvalue weighted by atomic mass is 16.2. The minimum Gasteiger partial charge on any atom is -0.352 e. The van der Waals surface area contributed by atoms with Crippen LogP contribution in [0.2, 0.25) is 0 Å². The number of amides is 1. The number of benzene rings is 1. The van der Waals surface area contributed by atoms with Crippen LogP contribution in [0.3, 0.4) is 0 Å². The van der Waals surface area contributed by atoms with Crippen LogP contribution in [0.4, 0.5) is 0 Å². The molecule has 1 aliphatic heterocycles. The van der Waals surface area contributed by atoms with Gasteiger partial charge in [-0.3, -0.25) is 4.79 Å². The molecule has 2 atom stereocenters. The summed E-state index contributed by atoms with van der Waals surface area (Å²) in [6.07, 6.45) is 2.67. The van der Waals surface area contributed by atoms with E-state index in [9.17, 15) is 4.79 Å². The molecule has 3 N–H and O–H groups in total. The quantitative estimate of drug-likeness (QED) is 0.750. The van der Waals surface area contributed by atoms with Gasteiger partial charge in [0.15, 0.2) is 0 Å². The van der Waals surface area contributed by atoms with Gasteiger partial charge in [-0.25, -0.2) is 0 Å². The Morgan fingerprint density at radius 1 is 1.27 bits per heavy atom. The van der Waals surface area contributed by atoms with E-state index in [1.165, 1.54) is 5.56 Å². The highest BCUT2D eigenvalue weighted by molar-refractivity contribution is 5.82. The second-order valence-electron chi connectivity index (χ2n) is 4.08. The molecule has 1 aliphatic rings. The molecular weight excluding hydrogens is 188 g/mol. The molecule has 15 heavy (non-hydrogen) atoms. The van der Waals surface area contributed by atoms with Crippen LogP contribution in [0.15, 0.2) is 30.3 Å². The molecule has 0 spiro atoms. The maximum atomic E-state index is 11.4. The van der Waals surface area contributed by atoms with E-state index >= 15 is 0 Å². The van der Waals surface area contributed by atoms with Gasteiger partial charge in [0.1, 0.15) is 0 Å². The number of hydrogen-bond acceptors (Lipinski definition) is 2. The SMILES string of the molecule is NC1CCC(Cc2ccccc2)NC1=O. The fourth-order valence-electron chi connectivity index (χ4n) is 1.94. The van der Waals surface area contributed by atoms with Gasteiger partial charge in [-0.05, 0) is 24.8 Å². The van der Waals surface area contributed by atoms with Crippen LogP contribution in [0.25, 0.3) is 0 Å². The first-order chi connectivity index (χ1) is 7.25. The summed E-state index contributed by atoms with van der Waals surface area (Å²) in [5.74, 6) is -0.0119. The van der Waals surface area contributed by atoms with Gasteiger partial charge in [-0.2, -0.15) is 0 Å². The predicted octanol–water partition coefficient (Wildman–Crippen LogP) is 0.835. The molecule has 0 aliphatic carbocycles. The fourth-order valence-corrected chi connectivity index (χ4v) is 1.94. The van der Waals surface area contributed by atoms with E-state index in [-0.39, 0.29) is 18.0 Å².